The number of nitrogens with two attached hydrogens (primary N) is 1. The number of carbonyl (C=O) groups is 2. The third kappa shape index (κ3) is 3.30. The molecule has 25 heavy (non-hydrogen) atoms. The number of hydrogen-bond acceptors (Lipinski definition) is 3. The maximum Gasteiger partial charge on any atom is 0.281 e. The van der Waals surface area contributed by atoms with Crippen molar-refractivity contribution in [3.8, 4) is 0 Å². The molecule has 0 aliphatic rings. The van der Waals surface area contributed by atoms with Gasteiger partial charge in [-0.1, -0.05) is 23.2 Å². The molecule has 2 amide bonds. The number of halogens is 7. The van der Waals surface area contributed by atoms with Gasteiger partial charge in [-0.05, 0) is 18.2 Å². The molecule has 2 aromatic rings. The van der Waals surface area contributed by atoms with Crippen molar-refractivity contribution in [2.45, 2.75) is 0 Å². The van der Waals surface area contributed by atoms with E-state index in [0.29, 0.717) is 0 Å². The highest BCUT2D eigenvalue weighted by molar-refractivity contribution is 6.36. The molecule has 0 atom stereocenters. The van der Waals surface area contributed by atoms with Gasteiger partial charge in [-0.15, -0.1) is 0 Å². The van der Waals surface area contributed by atoms with Gasteiger partial charge >= 0.3 is 0 Å². The Morgan fingerprint density at radius 3 is 1.84 bits per heavy atom. The van der Waals surface area contributed by atoms with Gasteiger partial charge in [0.2, 0.25) is 5.82 Å². The fraction of sp³-hybridized carbons (Fsp3) is 0. The third-order valence-electron chi connectivity index (χ3n) is 3.02. The minimum atomic E-state index is -2.46. The highest BCUT2D eigenvalue weighted by Gasteiger charge is 2.34. The molecule has 11 heteroatoms. The van der Waals surface area contributed by atoms with E-state index in [1.165, 1.54) is 12.1 Å². The lowest BCUT2D eigenvalue weighted by Gasteiger charge is -2.17. The van der Waals surface area contributed by atoms with Crippen LogP contribution in [0.4, 0.5) is 22.0 Å². The molecule has 4 nitrogen and oxygen atoms in total. The van der Waals surface area contributed by atoms with Crippen molar-refractivity contribution in [1.29, 1.82) is 0 Å². The Kier molecular flexibility index (Phi) is 5.31. The summed E-state index contributed by atoms with van der Waals surface area (Å²) in [4.78, 5) is 24.1. The SMILES string of the molecule is NN(C(=O)c1cc(Cl)ccc1Cl)C(=O)c1c(F)c(F)c(F)c(F)c1F. The van der Waals surface area contributed by atoms with Crippen LogP contribution in [0.2, 0.25) is 10.0 Å². The van der Waals surface area contributed by atoms with E-state index in [2.05, 4.69) is 0 Å². The quantitative estimate of drug-likeness (QED) is 0.159. The van der Waals surface area contributed by atoms with E-state index in [1.54, 1.807) is 0 Å². The maximum absolute atomic E-state index is 13.6. The number of benzene rings is 2. The average molecular weight is 399 g/mol. The molecule has 0 aliphatic carbocycles. The van der Waals surface area contributed by atoms with Gasteiger partial charge in [-0.3, -0.25) is 9.59 Å². The van der Waals surface area contributed by atoms with Crippen molar-refractivity contribution < 1.29 is 31.5 Å². The zero-order chi connectivity index (χ0) is 19.0. The Morgan fingerprint density at radius 2 is 1.32 bits per heavy atom. The van der Waals surface area contributed by atoms with E-state index in [1.807, 2.05) is 0 Å². The molecule has 2 aromatic carbocycles. The van der Waals surface area contributed by atoms with Crippen LogP contribution in [0, 0.1) is 29.1 Å². The molecular weight excluding hydrogens is 394 g/mol. The molecule has 0 fully saturated rings. The summed E-state index contributed by atoms with van der Waals surface area (Å²) in [5.41, 5.74) is -2.31. The second-order valence-electron chi connectivity index (χ2n) is 4.55. The van der Waals surface area contributed by atoms with Crippen LogP contribution in [0.5, 0.6) is 0 Å². The van der Waals surface area contributed by atoms with E-state index >= 15 is 0 Å². The highest BCUT2D eigenvalue weighted by Crippen LogP contribution is 2.25. The molecule has 0 bridgehead atoms. The van der Waals surface area contributed by atoms with Crippen molar-refractivity contribution in [2.24, 2.45) is 5.84 Å². The summed E-state index contributed by atoms with van der Waals surface area (Å²) < 4.78 is 66.6. The first-order valence-corrected chi connectivity index (χ1v) is 6.93. The fourth-order valence-electron chi connectivity index (χ4n) is 1.80. The van der Waals surface area contributed by atoms with Crippen LogP contribution in [-0.2, 0) is 0 Å². The summed E-state index contributed by atoms with van der Waals surface area (Å²) in [7, 11) is 0. The Hall–Kier alpha value is -2.23. The van der Waals surface area contributed by atoms with Gasteiger partial charge < -0.3 is 0 Å². The Morgan fingerprint density at radius 1 is 0.840 bits per heavy atom. The first-order valence-electron chi connectivity index (χ1n) is 6.17. The number of imide groups is 1. The number of hydrogen-bond donors (Lipinski definition) is 1. The molecule has 132 valence electrons. The summed E-state index contributed by atoms with van der Waals surface area (Å²) in [6.45, 7) is 0. The molecule has 0 unspecified atom stereocenters. The normalized spacial score (nSPS) is 10.7. The standard InChI is InChI=1S/C14H5Cl2F5N2O2/c15-4-1-2-6(16)5(3-4)13(24)23(22)14(25)7-8(17)10(19)12(21)11(20)9(7)18/h1-3H,22H2. The Labute approximate surface area is 146 Å². The topological polar surface area (TPSA) is 63.4 Å². The minimum absolute atomic E-state index is 0.0184. The number of amides is 2. The molecule has 0 spiro atoms. The van der Waals surface area contributed by atoms with Crippen LogP contribution in [0.1, 0.15) is 20.7 Å². The maximum atomic E-state index is 13.6. The molecule has 2 rings (SSSR count). The van der Waals surface area contributed by atoms with E-state index in [0.717, 1.165) is 6.07 Å². The Bertz CT molecular complexity index is 878. The zero-order valence-electron chi connectivity index (χ0n) is 11.7. The lowest BCUT2D eigenvalue weighted by Crippen LogP contribution is -2.43. The smallest absolute Gasteiger partial charge is 0.267 e. The highest BCUT2D eigenvalue weighted by atomic mass is 35.5. The van der Waals surface area contributed by atoms with Gasteiger partial charge in [0.05, 0.1) is 10.6 Å². The summed E-state index contributed by atoms with van der Waals surface area (Å²) in [5, 5.41) is -0.532. The van der Waals surface area contributed by atoms with Crippen molar-refractivity contribution >= 4 is 35.0 Å². The van der Waals surface area contributed by atoms with Gasteiger partial charge in [0.25, 0.3) is 11.8 Å². The summed E-state index contributed by atoms with van der Waals surface area (Å²) in [6.07, 6.45) is 0. The lowest BCUT2D eigenvalue weighted by molar-refractivity contribution is 0.0608. The van der Waals surface area contributed by atoms with Gasteiger partial charge in [0.15, 0.2) is 23.3 Å². The lowest BCUT2D eigenvalue weighted by atomic mass is 10.1. The van der Waals surface area contributed by atoms with Crippen LogP contribution >= 0.6 is 23.2 Å². The van der Waals surface area contributed by atoms with E-state index in [9.17, 15) is 31.5 Å². The number of nitrogens with zero attached hydrogens (tertiary/aromatic N) is 1. The van der Waals surface area contributed by atoms with E-state index in [4.69, 9.17) is 29.0 Å². The second kappa shape index (κ2) is 6.95. The molecular formula is C14H5Cl2F5N2O2. The van der Waals surface area contributed by atoms with Crippen LogP contribution < -0.4 is 5.84 Å². The van der Waals surface area contributed by atoms with Crippen LogP contribution in [-0.4, -0.2) is 16.8 Å². The molecule has 0 heterocycles. The van der Waals surface area contributed by atoms with Gasteiger partial charge in [-0.25, -0.2) is 32.8 Å². The second-order valence-corrected chi connectivity index (χ2v) is 5.39. The largest absolute Gasteiger partial charge is 0.281 e. The van der Waals surface area contributed by atoms with Gasteiger partial charge in [-0.2, -0.15) is 0 Å². The number of hydrazine groups is 1. The van der Waals surface area contributed by atoms with Crippen molar-refractivity contribution in [2.75, 3.05) is 0 Å². The molecule has 0 radical (unpaired) electrons. The first kappa shape index (κ1) is 19.1. The van der Waals surface area contributed by atoms with E-state index < -0.39 is 52.0 Å². The molecule has 0 saturated heterocycles. The van der Waals surface area contributed by atoms with Crippen molar-refractivity contribution in [1.82, 2.24) is 5.01 Å². The number of carbonyl (C=O) groups excluding carboxylic acids is 2. The van der Waals surface area contributed by atoms with Crippen molar-refractivity contribution in [3.63, 3.8) is 0 Å². The first-order chi connectivity index (χ1) is 11.6. The fourth-order valence-corrected chi connectivity index (χ4v) is 2.17. The van der Waals surface area contributed by atoms with Crippen molar-refractivity contribution in [3.05, 3.63) is 68.5 Å². The monoisotopic (exact) mass is 398 g/mol. The summed E-state index contributed by atoms with van der Waals surface area (Å²) >= 11 is 11.4. The summed E-state index contributed by atoms with van der Waals surface area (Å²) in [5.74, 6) is -10.2. The predicted molar refractivity (Wildman–Crippen MR) is 77.4 cm³/mol. The predicted octanol–water partition coefficient (Wildman–Crippen LogP) is 3.85. The Balaban J connectivity index is 2.51. The van der Waals surface area contributed by atoms with Gasteiger partial charge in [0.1, 0.15) is 5.56 Å². The third-order valence-corrected chi connectivity index (χ3v) is 3.58. The van der Waals surface area contributed by atoms with Crippen LogP contribution in [0.15, 0.2) is 18.2 Å². The minimum Gasteiger partial charge on any atom is -0.267 e. The van der Waals surface area contributed by atoms with Crippen LogP contribution in [0.25, 0.3) is 0 Å². The number of rotatable bonds is 2. The molecule has 0 aromatic heterocycles. The molecule has 0 saturated carbocycles. The molecule has 0 aliphatic heterocycles. The van der Waals surface area contributed by atoms with Gasteiger partial charge in [0, 0.05) is 5.02 Å². The molecule has 2 N–H and O–H groups in total. The van der Waals surface area contributed by atoms with Crippen LogP contribution in [0.3, 0.4) is 0 Å². The average Bonchev–Trinajstić information content (AvgIpc) is 2.59. The summed E-state index contributed by atoms with van der Waals surface area (Å²) in [6, 6.07) is 3.47. The van der Waals surface area contributed by atoms with E-state index in [-0.39, 0.29) is 15.1 Å². The zero-order valence-corrected chi connectivity index (χ0v) is 13.2.